The molecule has 2 N–H and O–H groups in total. The Bertz CT molecular complexity index is 424. The van der Waals surface area contributed by atoms with Gasteiger partial charge in [-0.1, -0.05) is 12.1 Å². The number of esters is 1. The number of rotatable bonds is 2. The van der Waals surface area contributed by atoms with E-state index in [1.807, 2.05) is 0 Å². The fraction of sp³-hybridized carbons (Fsp3) is 0.250. The molecular formula is C12H12O6. The molecule has 0 spiro atoms. The van der Waals surface area contributed by atoms with E-state index in [4.69, 9.17) is 10.2 Å². The lowest BCUT2D eigenvalue weighted by Crippen LogP contribution is -2.06. The van der Waals surface area contributed by atoms with Gasteiger partial charge in [0.05, 0.1) is 17.7 Å². The Morgan fingerprint density at radius 2 is 1.56 bits per heavy atom. The maximum Gasteiger partial charge on any atom is 0.336 e. The van der Waals surface area contributed by atoms with Gasteiger partial charge in [-0.05, 0) is 18.6 Å². The van der Waals surface area contributed by atoms with Gasteiger partial charge in [-0.25, -0.2) is 9.59 Å². The number of hydrogen-bond acceptors (Lipinski definition) is 4. The lowest BCUT2D eigenvalue weighted by Gasteiger charge is -1.98. The summed E-state index contributed by atoms with van der Waals surface area (Å²) in [5.41, 5.74) is -0.380. The predicted octanol–water partition coefficient (Wildman–Crippen LogP) is 1.41. The quantitative estimate of drug-likeness (QED) is 0.771. The van der Waals surface area contributed by atoms with Crippen molar-refractivity contribution in [2.45, 2.75) is 12.8 Å². The van der Waals surface area contributed by atoms with Gasteiger partial charge in [-0.3, -0.25) is 4.79 Å². The van der Waals surface area contributed by atoms with Crippen LogP contribution in [0.25, 0.3) is 0 Å². The Labute approximate surface area is 103 Å². The molecule has 1 aliphatic heterocycles. The lowest BCUT2D eigenvalue weighted by atomic mass is 10.1. The number of carboxylic acids is 2. The van der Waals surface area contributed by atoms with Gasteiger partial charge in [-0.2, -0.15) is 0 Å². The molecule has 0 aromatic heterocycles. The second-order valence-corrected chi connectivity index (χ2v) is 3.48. The van der Waals surface area contributed by atoms with E-state index < -0.39 is 11.9 Å². The van der Waals surface area contributed by atoms with Crippen LogP contribution in [0.1, 0.15) is 33.6 Å². The SMILES string of the molecule is O=C(O)c1ccccc1C(=O)O.O=C1CCCO1. The first-order chi connectivity index (χ1) is 8.52. The predicted molar refractivity (Wildman–Crippen MR) is 60.6 cm³/mol. The highest BCUT2D eigenvalue weighted by molar-refractivity contribution is 6.01. The summed E-state index contributed by atoms with van der Waals surface area (Å²) >= 11 is 0. The van der Waals surface area contributed by atoms with Gasteiger partial charge in [0.1, 0.15) is 0 Å². The molecule has 1 saturated heterocycles. The largest absolute Gasteiger partial charge is 0.478 e. The smallest absolute Gasteiger partial charge is 0.336 e. The summed E-state index contributed by atoms with van der Waals surface area (Å²) in [6.07, 6.45) is 1.54. The van der Waals surface area contributed by atoms with Gasteiger partial charge >= 0.3 is 17.9 Å². The van der Waals surface area contributed by atoms with Crippen LogP contribution in [0.4, 0.5) is 0 Å². The maximum absolute atomic E-state index is 10.5. The first-order valence-corrected chi connectivity index (χ1v) is 5.23. The number of carbonyl (C=O) groups is 3. The molecule has 1 heterocycles. The molecule has 1 fully saturated rings. The molecule has 6 nitrogen and oxygen atoms in total. The van der Waals surface area contributed by atoms with Crippen molar-refractivity contribution < 1.29 is 29.3 Å². The van der Waals surface area contributed by atoms with Crippen LogP contribution in [0, 0.1) is 0 Å². The molecule has 1 aromatic carbocycles. The van der Waals surface area contributed by atoms with Crippen LogP contribution in [-0.2, 0) is 9.53 Å². The highest BCUT2D eigenvalue weighted by Gasteiger charge is 2.13. The minimum absolute atomic E-state index is 0.0463. The van der Waals surface area contributed by atoms with Crippen LogP contribution >= 0.6 is 0 Å². The van der Waals surface area contributed by atoms with Gasteiger partial charge < -0.3 is 14.9 Å². The number of benzene rings is 1. The molecule has 2 rings (SSSR count). The first kappa shape index (κ1) is 13.7. The summed E-state index contributed by atoms with van der Waals surface area (Å²) in [7, 11) is 0. The van der Waals surface area contributed by atoms with Crippen molar-refractivity contribution in [3.05, 3.63) is 35.4 Å². The summed E-state index contributed by atoms with van der Waals surface area (Å²) in [6, 6.07) is 5.48. The Morgan fingerprint density at radius 3 is 1.78 bits per heavy atom. The Balaban J connectivity index is 0.000000225. The minimum Gasteiger partial charge on any atom is -0.478 e. The molecule has 0 atom stereocenters. The molecule has 0 unspecified atom stereocenters. The second kappa shape index (κ2) is 6.39. The Kier molecular flexibility index (Phi) is 4.86. The zero-order chi connectivity index (χ0) is 13.5. The third-order valence-electron chi connectivity index (χ3n) is 2.18. The fourth-order valence-corrected chi connectivity index (χ4v) is 1.33. The highest BCUT2D eigenvalue weighted by Crippen LogP contribution is 2.07. The average molecular weight is 252 g/mol. The van der Waals surface area contributed by atoms with Crippen LogP contribution in [-0.4, -0.2) is 34.7 Å². The monoisotopic (exact) mass is 252 g/mol. The van der Waals surface area contributed by atoms with Crippen molar-refractivity contribution in [2.75, 3.05) is 6.61 Å². The van der Waals surface area contributed by atoms with Crippen molar-refractivity contribution in [3.8, 4) is 0 Å². The van der Waals surface area contributed by atoms with Crippen molar-refractivity contribution >= 4 is 17.9 Å². The molecule has 0 amide bonds. The van der Waals surface area contributed by atoms with E-state index in [0.29, 0.717) is 13.0 Å². The van der Waals surface area contributed by atoms with E-state index in [-0.39, 0.29) is 17.1 Å². The second-order valence-electron chi connectivity index (χ2n) is 3.48. The summed E-state index contributed by atoms with van der Waals surface area (Å²) < 4.78 is 4.51. The van der Waals surface area contributed by atoms with Crippen molar-refractivity contribution in [1.82, 2.24) is 0 Å². The van der Waals surface area contributed by atoms with Crippen molar-refractivity contribution in [3.63, 3.8) is 0 Å². The Hall–Kier alpha value is -2.37. The normalized spacial score (nSPS) is 13.2. The number of ether oxygens (including phenoxy) is 1. The van der Waals surface area contributed by atoms with E-state index in [1.54, 1.807) is 0 Å². The van der Waals surface area contributed by atoms with E-state index in [2.05, 4.69) is 4.74 Å². The molecule has 18 heavy (non-hydrogen) atoms. The van der Waals surface area contributed by atoms with Gasteiger partial charge in [0.25, 0.3) is 0 Å². The Morgan fingerprint density at radius 1 is 1.06 bits per heavy atom. The molecule has 0 aliphatic carbocycles. The standard InChI is InChI=1S/C8H6O4.C4H6O2/c9-7(10)5-3-1-2-4-6(5)8(11)12;5-4-2-1-3-6-4/h1-4H,(H,9,10)(H,11,12);1-3H2. The summed E-state index contributed by atoms with van der Waals surface area (Å²) in [5.74, 6) is -2.50. The number of aromatic carboxylic acids is 2. The van der Waals surface area contributed by atoms with E-state index in [1.165, 1.54) is 24.3 Å². The highest BCUT2D eigenvalue weighted by atomic mass is 16.5. The number of carboxylic acid groups (broad SMARTS) is 2. The molecule has 96 valence electrons. The van der Waals surface area contributed by atoms with Crippen LogP contribution in [0.15, 0.2) is 24.3 Å². The molecular weight excluding hydrogens is 240 g/mol. The first-order valence-electron chi connectivity index (χ1n) is 5.23. The van der Waals surface area contributed by atoms with Crippen molar-refractivity contribution in [2.24, 2.45) is 0 Å². The minimum atomic E-state index is -1.23. The van der Waals surface area contributed by atoms with Crippen LogP contribution in [0.2, 0.25) is 0 Å². The van der Waals surface area contributed by atoms with Gasteiger partial charge in [0, 0.05) is 6.42 Å². The van der Waals surface area contributed by atoms with Gasteiger partial charge in [0.2, 0.25) is 0 Å². The zero-order valence-electron chi connectivity index (χ0n) is 9.46. The average Bonchev–Trinajstić information content (AvgIpc) is 2.81. The zero-order valence-corrected chi connectivity index (χ0v) is 9.46. The number of hydrogen-bond donors (Lipinski definition) is 2. The summed E-state index contributed by atoms with van der Waals surface area (Å²) in [6.45, 7) is 0.638. The third kappa shape index (κ3) is 3.89. The van der Waals surface area contributed by atoms with E-state index >= 15 is 0 Å². The third-order valence-corrected chi connectivity index (χ3v) is 2.18. The van der Waals surface area contributed by atoms with Crippen LogP contribution < -0.4 is 0 Å². The van der Waals surface area contributed by atoms with Crippen LogP contribution in [0.5, 0.6) is 0 Å². The van der Waals surface area contributed by atoms with Crippen LogP contribution in [0.3, 0.4) is 0 Å². The van der Waals surface area contributed by atoms with Crippen molar-refractivity contribution in [1.29, 1.82) is 0 Å². The molecule has 0 saturated carbocycles. The number of cyclic esters (lactones) is 1. The molecule has 1 aliphatic rings. The molecule has 6 heteroatoms. The van der Waals surface area contributed by atoms with E-state index in [0.717, 1.165) is 6.42 Å². The lowest BCUT2D eigenvalue weighted by molar-refractivity contribution is -0.137. The topological polar surface area (TPSA) is 101 Å². The number of carbonyl (C=O) groups excluding carboxylic acids is 1. The molecule has 1 aromatic rings. The van der Waals surface area contributed by atoms with E-state index in [9.17, 15) is 14.4 Å². The summed E-state index contributed by atoms with van der Waals surface area (Å²) in [5, 5.41) is 17.1. The summed E-state index contributed by atoms with van der Waals surface area (Å²) in [4.78, 5) is 30.9. The van der Waals surface area contributed by atoms with Gasteiger partial charge in [0.15, 0.2) is 0 Å². The molecule has 0 bridgehead atoms. The maximum atomic E-state index is 10.5. The fourth-order valence-electron chi connectivity index (χ4n) is 1.33. The van der Waals surface area contributed by atoms with Gasteiger partial charge in [-0.15, -0.1) is 0 Å². The molecule has 0 radical (unpaired) electrons.